The Bertz CT molecular complexity index is 496. The van der Waals surface area contributed by atoms with E-state index in [1.165, 1.54) is 0 Å². The van der Waals surface area contributed by atoms with Gasteiger partial charge < -0.3 is 14.6 Å². The average Bonchev–Trinajstić information content (AvgIpc) is 2.35. The normalized spacial score (nSPS) is 14.3. The van der Waals surface area contributed by atoms with E-state index in [2.05, 4.69) is 0 Å². The van der Waals surface area contributed by atoms with E-state index in [4.69, 9.17) is 14.6 Å². The Morgan fingerprint density at radius 1 is 1.37 bits per heavy atom. The number of aliphatic carboxylic acids is 1. The lowest BCUT2D eigenvalue weighted by Crippen LogP contribution is -2.24. The first kappa shape index (κ1) is 14.1. The molecule has 4 nitrogen and oxygen atoms in total. The van der Waals surface area contributed by atoms with Gasteiger partial charge in [0.25, 0.3) is 0 Å². The van der Waals surface area contributed by atoms with Crippen molar-refractivity contribution in [2.75, 3.05) is 19.5 Å². The summed E-state index contributed by atoms with van der Waals surface area (Å²) in [4.78, 5) is 12.0. The van der Waals surface area contributed by atoms with Crippen LogP contribution in [-0.2, 0) is 10.2 Å². The van der Waals surface area contributed by atoms with Gasteiger partial charge in [-0.15, -0.1) is 11.8 Å². The summed E-state index contributed by atoms with van der Waals surface area (Å²) in [6.07, 6.45) is 2.05. The van der Waals surface area contributed by atoms with E-state index in [0.29, 0.717) is 13.2 Å². The van der Waals surface area contributed by atoms with Crippen LogP contribution in [0.15, 0.2) is 17.0 Å². The Balaban J connectivity index is 2.48. The molecule has 0 fully saturated rings. The van der Waals surface area contributed by atoms with E-state index in [1.807, 2.05) is 32.2 Å². The number of benzene rings is 1. The van der Waals surface area contributed by atoms with Gasteiger partial charge in [-0.1, -0.05) is 19.9 Å². The highest BCUT2D eigenvalue weighted by atomic mass is 32.2. The maximum Gasteiger partial charge on any atom is 0.304 e. The molecule has 1 heterocycles. The van der Waals surface area contributed by atoms with E-state index >= 15 is 0 Å². The molecule has 0 aliphatic carbocycles. The first-order chi connectivity index (χ1) is 8.95. The minimum absolute atomic E-state index is 0.0835. The van der Waals surface area contributed by atoms with Crippen LogP contribution < -0.4 is 9.47 Å². The van der Waals surface area contributed by atoms with E-state index in [1.54, 1.807) is 11.8 Å². The maximum absolute atomic E-state index is 11.0. The lowest BCUT2D eigenvalue weighted by molar-refractivity contribution is -0.138. The third-order valence-electron chi connectivity index (χ3n) is 3.19. The molecule has 0 saturated heterocycles. The van der Waals surface area contributed by atoms with Crippen molar-refractivity contribution in [1.82, 2.24) is 0 Å². The van der Waals surface area contributed by atoms with Gasteiger partial charge in [0.15, 0.2) is 11.5 Å². The molecule has 0 atom stereocenters. The van der Waals surface area contributed by atoms with Crippen molar-refractivity contribution in [3.63, 3.8) is 0 Å². The number of carbonyl (C=O) groups is 1. The molecule has 0 saturated carbocycles. The highest BCUT2D eigenvalue weighted by molar-refractivity contribution is 7.98. The maximum atomic E-state index is 11.0. The molecule has 1 aromatic carbocycles. The molecule has 104 valence electrons. The average molecular weight is 282 g/mol. The summed E-state index contributed by atoms with van der Waals surface area (Å²) in [6.45, 7) is 4.96. The van der Waals surface area contributed by atoms with E-state index in [-0.39, 0.29) is 6.42 Å². The second-order valence-corrected chi connectivity index (χ2v) is 5.94. The van der Waals surface area contributed by atoms with Crippen molar-refractivity contribution in [2.24, 2.45) is 0 Å². The molecule has 0 spiro atoms. The van der Waals surface area contributed by atoms with Gasteiger partial charge in [-0.05, 0) is 17.9 Å². The fourth-order valence-corrected chi connectivity index (χ4v) is 3.21. The molecule has 0 aromatic heterocycles. The number of rotatable bonds is 4. The van der Waals surface area contributed by atoms with Gasteiger partial charge in [0.1, 0.15) is 13.2 Å². The van der Waals surface area contributed by atoms with Gasteiger partial charge in [-0.3, -0.25) is 4.79 Å². The van der Waals surface area contributed by atoms with Gasteiger partial charge in [0, 0.05) is 5.41 Å². The highest BCUT2D eigenvalue weighted by Crippen LogP contribution is 2.45. The number of hydrogen-bond donors (Lipinski definition) is 1. The lowest BCUT2D eigenvalue weighted by atomic mass is 9.81. The highest BCUT2D eigenvalue weighted by Gasteiger charge is 2.30. The van der Waals surface area contributed by atoms with Crippen LogP contribution in [0.2, 0.25) is 0 Å². The second-order valence-electron chi connectivity index (χ2n) is 5.12. The molecule has 1 aliphatic rings. The van der Waals surface area contributed by atoms with Crippen LogP contribution in [0.1, 0.15) is 25.8 Å². The van der Waals surface area contributed by atoms with Gasteiger partial charge in [-0.2, -0.15) is 0 Å². The van der Waals surface area contributed by atoms with Crippen LogP contribution in [0, 0.1) is 0 Å². The molecule has 1 aromatic rings. The smallest absolute Gasteiger partial charge is 0.304 e. The summed E-state index contributed by atoms with van der Waals surface area (Å²) >= 11 is 1.57. The zero-order valence-electron chi connectivity index (χ0n) is 11.4. The quantitative estimate of drug-likeness (QED) is 0.860. The molecule has 0 unspecified atom stereocenters. The summed E-state index contributed by atoms with van der Waals surface area (Å²) in [5.74, 6) is 0.687. The van der Waals surface area contributed by atoms with Crippen molar-refractivity contribution in [2.45, 2.75) is 30.6 Å². The first-order valence-electron chi connectivity index (χ1n) is 6.14. The summed E-state index contributed by atoms with van der Waals surface area (Å²) < 4.78 is 11.3. The topological polar surface area (TPSA) is 55.8 Å². The van der Waals surface area contributed by atoms with E-state index in [0.717, 1.165) is 22.0 Å². The van der Waals surface area contributed by atoms with Crippen molar-refractivity contribution in [3.05, 3.63) is 17.7 Å². The molecule has 0 bridgehead atoms. The van der Waals surface area contributed by atoms with Crippen LogP contribution in [0.4, 0.5) is 0 Å². The van der Waals surface area contributed by atoms with E-state index < -0.39 is 11.4 Å². The van der Waals surface area contributed by atoms with Crippen LogP contribution in [-0.4, -0.2) is 30.5 Å². The Morgan fingerprint density at radius 2 is 2.05 bits per heavy atom. The number of thioether (sulfide) groups is 1. The minimum Gasteiger partial charge on any atom is -0.486 e. The van der Waals surface area contributed by atoms with Crippen LogP contribution in [0.5, 0.6) is 11.5 Å². The van der Waals surface area contributed by atoms with Gasteiger partial charge in [-0.25, -0.2) is 0 Å². The Hall–Kier alpha value is -1.36. The molecule has 5 heteroatoms. The number of ether oxygens (including phenoxy) is 2. The molecule has 1 aliphatic heterocycles. The summed E-state index contributed by atoms with van der Waals surface area (Å²) in [7, 11) is 0. The fourth-order valence-electron chi connectivity index (χ4n) is 2.30. The number of carboxylic acids is 1. The predicted octanol–water partition coefficient (Wildman–Crippen LogP) is 2.93. The van der Waals surface area contributed by atoms with Crippen molar-refractivity contribution < 1.29 is 19.4 Å². The SMILES string of the molecule is CSc1c(C(C)(C)CC(=O)O)ccc2c1OCCO2. The molecule has 2 rings (SSSR count). The van der Waals surface area contributed by atoms with Crippen LogP contribution in [0.25, 0.3) is 0 Å². The molecule has 19 heavy (non-hydrogen) atoms. The predicted molar refractivity (Wildman–Crippen MR) is 74.5 cm³/mol. The standard InChI is InChI=1S/C14H18O4S/c1-14(2,8-11(15)16)9-4-5-10-12(13(9)19-3)18-7-6-17-10/h4-5H,6-8H2,1-3H3,(H,15,16). The van der Waals surface area contributed by atoms with Crippen LogP contribution >= 0.6 is 11.8 Å². The number of carboxylic acid groups (broad SMARTS) is 1. The van der Waals surface area contributed by atoms with Crippen LogP contribution in [0.3, 0.4) is 0 Å². The Kier molecular flexibility index (Phi) is 3.94. The second kappa shape index (κ2) is 5.33. The number of fused-ring (bicyclic) bond motifs is 1. The minimum atomic E-state index is -0.799. The summed E-state index contributed by atoms with van der Waals surface area (Å²) in [5.41, 5.74) is 0.548. The molecular weight excluding hydrogens is 264 g/mol. The third kappa shape index (κ3) is 2.81. The van der Waals surface area contributed by atoms with E-state index in [9.17, 15) is 4.79 Å². The molecular formula is C14H18O4S. The van der Waals surface area contributed by atoms with Gasteiger partial charge >= 0.3 is 5.97 Å². The molecule has 1 N–H and O–H groups in total. The monoisotopic (exact) mass is 282 g/mol. The third-order valence-corrected chi connectivity index (χ3v) is 4.00. The summed E-state index contributed by atoms with van der Waals surface area (Å²) in [5, 5.41) is 9.05. The summed E-state index contributed by atoms with van der Waals surface area (Å²) in [6, 6.07) is 3.81. The Morgan fingerprint density at radius 3 is 2.68 bits per heavy atom. The number of hydrogen-bond acceptors (Lipinski definition) is 4. The zero-order chi connectivity index (χ0) is 14.0. The lowest BCUT2D eigenvalue weighted by Gasteiger charge is -2.29. The van der Waals surface area contributed by atoms with Crippen molar-refractivity contribution in [3.8, 4) is 11.5 Å². The first-order valence-corrected chi connectivity index (χ1v) is 7.37. The Labute approximate surface area is 117 Å². The van der Waals surface area contributed by atoms with Gasteiger partial charge in [0.2, 0.25) is 0 Å². The van der Waals surface area contributed by atoms with Gasteiger partial charge in [0.05, 0.1) is 11.3 Å². The molecule has 0 radical (unpaired) electrons. The fraction of sp³-hybridized carbons (Fsp3) is 0.500. The zero-order valence-corrected chi connectivity index (χ0v) is 12.2. The van der Waals surface area contributed by atoms with Crippen molar-refractivity contribution in [1.29, 1.82) is 0 Å². The van der Waals surface area contributed by atoms with Crippen molar-refractivity contribution >= 4 is 17.7 Å². The molecule has 0 amide bonds. The largest absolute Gasteiger partial charge is 0.486 e.